The Morgan fingerprint density at radius 1 is 1.22 bits per heavy atom. The molecule has 1 amide bonds. The van der Waals surface area contributed by atoms with Crippen LogP contribution in [-0.4, -0.2) is 86.1 Å². The molecule has 2 aromatic rings. The minimum absolute atomic E-state index is 0.147. The molecule has 3 atom stereocenters. The van der Waals surface area contributed by atoms with Crippen molar-refractivity contribution in [2.24, 2.45) is 0 Å². The van der Waals surface area contributed by atoms with E-state index in [1.807, 2.05) is 4.90 Å². The number of nitrogens with one attached hydrogen (secondary N) is 2. The lowest BCUT2D eigenvalue weighted by atomic mass is 9.98. The Labute approximate surface area is 246 Å². The summed E-state index contributed by atoms with van der Waals surface area (Å²) in [4.78, 5) is 31.9. The first-order valence-electron chi connectivity index (χ1n) is 14.2. The average molecular weight is 593 g/mol. The molecule has 1 aromatic heterocycles. The molecular weight excluding hydrogens is 551 g/mol. The molecular formula is C30H42ClFN4O5. The van der Waals surface area contributed by atoms with Gasteiger partial charge in [-0.3, -0.25) is 4.79 Å². The van der Waals surface area contributed by atoms with Crippen LogP contribution in [0.15, 0.2) is 30.3 Å². The van der Waals surface area contributed by atoms with Crippen LogP contribution in [0.1, 0.15) is 55.3 Å². The molecule has 0 aliphatic carbocycles. The highest BCUT2D eigenvalue weighted by atomic mass is 35.5. The summed E-state index contributed by atoms with van der Waals surface area (Å²) in [6, 6.07) is 8.17. The predicted octanol–water partition coefficient (Wildman–Crippen LogP) is 4.47. The number of rotatable bonds is 17. The summed E-state index contributed by atoms with van der Waals surface area (Å²) in [7, 11) is 2.95. The van der Waals surface area contributed by atoms with Crippen molar-refractivity contribution in [2.75, 3.05) is 52.4 Å². The lowest BCUT2D eigenvalue weighted by Crippen LogP contribution is -2.45. The van der Waals surface area contributed by atoms with Gasteiger partial charge in [-0.15, -0.1) is 0 Å². The summed E-state index contributed by atoms with van der Waals surface area (Å²) in [5.41, 5.74) is 2.78. The SMILES string of the molecule is COc1cccc(Cl)c1[C@H](C)C(=O)N[C@@H](CCN(CCCCc1ccc2c(n1)NCCC2)C[C@@H](CF)OC)C(=O)O. The molecule has 0 saturated heterocycles. The van der Waals surface area contributed by atoms with Gasteiger partial charge in [-0.2, -0.15) is 0 Å². The number of halogens is 2. The molecule has 3 N–H and O–H groups in total. The number of aromatic nitrogens is 1. The van der Waals surface area contributed by atoms with E-state index in [0.29, 0.717) is 36.0 Å². The first-order valence-corrected chi connectivity index (χ1v) is 14.5. The van der Waals surface area contributed by atoms with Crippen molar-refractivity contribution >= 4 is 29.3 Å². The minimum atomic E-state index is -1.14. The fourth-order valence-electron chi connectivity index (χ4n) is 5.03. The smallest absolute Gasteiger partial charge is 0.326 e. The number of amides is 1. The summed E-state index contributed by atoms with van der Waals surface area (Å²) >= 11 is 6.32. The van der Waals surface area contributed by atoms with Crippen LogP contribution in [0.4, 0.5) is 10.2 Å². The number of pyridine rings is 1. The molecule has 0 radical (unpaired) electrons. The van der Waals surface area contributed by atoms with Gasteiger partial charge in [0.1, 0.15) is 24.3 Å². The van der Waals surface area contributed by atoms with Gasteiger partial charge in [0.2, 0.25) is 5.91 Å². The molecule has 0 spiro atoms. The number of hydrogen-bond acceptors (Lipinski definition) is 7. The number of fused-ring (bicyclic) bond motifs is 1. The van der Waals surface area contributed by atoms with Gasteiger partial charge in [-0.1, -0.05) is 23.7 Å². The van der Waals surface area contributed by atoms with E-state index in [4.69, 9.17) is 26.1 Å². The maximum atomic E-state index is 13.5. The van der Waals surface area contributed by atoms with Gasteiger partial charge in [-0.05, 0) is 75.8 Å². The monoisotopic (exact) mass is 592 g/mol. The van der Waals surface area contributed by atoms with Gasteiger partial charge in [0.25, 0.3) is 0 Å². The Morgan fingerprint density at radius 2 is 2.02 bits per heavy atom. The number of nitrogens with zero attached hydrogens (tertiary/aromatic N) is 2. The van der Waals surface area contributed by atoms with Gasteiger partial charge in [-0.25, -0.2) is 14.2 Å². The van der Waals surface area contributed by atoms with Gasteiger partial charge >= 0.3 is 5.97 Å². The molecule has 1 aromatic carbocycles. The number of carbonyl (C=O) groups is 2. The van der Waals surface area contributed by atoms with E-state index in [0.717, 1.165) is 50.2 Å². The number of benzene rings is 1. The fourth-order valence-corrected chi connectivity index (χ4v) is 5.36. The normalized spacial score (nSPS) is 15.0. The van der Waals surface area contributed by atoms with E-state index in [9.17, 15) is 19.1 Å². The Morgan fingerprint density at radius 3 is 2.73 bits per heavy atom. The second kappa shape index (κ2) is 16.5. The maximum absolute atomic E-state index is 13.5. The highest BCUT2D eigenvalue weighted by Crippen LogP contribution is 2.33. The van der Waals surface area contributed by atoms with Crippen LogP contribution in [0.3, 0.4) is 0 Å². The highest BCUT2D eigenvalue weighted by Gasteiger charge is 2.27. The van der Waals surface area contributed by atoms with Crippen LogP contribution >= 0.6 is 11.6 Å². The van der Waals surface area contributed by atoms with Gasteiger partial charge in [0.05, 0.1) is 19.1 Å². The van der Waals surface area contributed by atoms with Crippen LogP contribution in [0.2, 0.25) is 5.02 Å². The summed E-state index contributed by atoms with van der Waals surface area (Å²) in [6.07, 6.45) is 4.21. The Hall–Kier alpha value is -2.95. The number of alkyl halides is 1. The van der Waals surface area contributed by atoms with E-state index in [1.165, 1.54) is 19.8 Å². The number of methoxy groups -OCH3 is 2. The van der Waals surface area contributed by atoms with Crippen LogP contribution in [0.25, 0.3) is 0 Å². The number of ether oxygens (including phenoxy) is 2. The molecule has 11 heteroatoms. The van der Waals surface area contributed by atoms with Crippen LogP contribution in [-0.2, 0) is 27.2 Å². The summed E-state index contributed by atoms with van der Waals surface area (Å²) in [5, 5.41) is 16.2. The molecule has 1 aliphatic rings. The zero-order valence-electron chi connectivity index (χ0n) is 24.1. The molecule has 226 valence electrons. The first kappa shape index (κ1) is 32.6. The van der Waals surface area contributed by atoms with Crippen molar-refractivity contribution in [3.05, 3.63) is 52.2 Å². The molecule has 0 bridgehead atoms. The van der Waals surface area contributed by atoms with Gasteiger partial charge in [0.15, 0.2) is 0 Å². The van der Waals surface area contributed by atoms with E-state index in [1.54, 1.807) is 25.1 Å². The zero-order valence-corrected chi connectivity index (χ0v) is 24.9. The number of anilines is 1. The summed E-state index contributed by atoms with van der Waals surface area (Å²) in [6.45, 7) is 3.26. The number of carbonyl (C=O) groups excluding carboxylic acids is 1. The van der Waals surface area contributed by atoms with Crippen molar-refractivity contribution in [2.45, 2.75) is 63.5 Å². The molecule has 1 aliphatic heterocycles. The van der Waals surface area contributed by atoms with E-state index in [2.05, 4.69) is 22.8 Å². The van der Waals surface area contributed by atoms with Gasteiger partial charge in [0, 0.05) is 43.0 Å². The largest absolute Gasteiger partial charge is 0.496 e. The first-order chi connectivity index (χ1) is 19.8. The van der Waals surface area contributed by atoms with Crippen LogP contribution in [0.5, 0.6) is 5.75 Å². The fraction of sp³-hybridized carbons (Fsp3) is 0.567. The second-order valence-electron chi connectivity index (χ2n) is 10.4. The summed E-state index contributed by atoms with van der Waals surface area (Å²) < 4.78 is 24.1. The third-order valence-corrected chi connectivity index (χ3v) is 7.81. The molecule has 9 nitrogen and oxygen atoms in total. The third kappa shape index (κ3) is 9.55. The standard InChI is InChI=1S/C30H42ClFN4O5/c1-20(27-24(31)10-6-11-26(27)41-3)29(37)35-25(30(38)39)14-17-36(19-23(18-32)40-2)16-5-4-9-22-13-12-21-8-7-15-33-28(21)34-22/h6,10-13,20,23,25H,4-5,7-9,14-19H2,1-3H3,(H,33,34)(H,35,37)(H,38,39)/t20-,23+,25-/m0/s1. The van der Waals surface area contributed by atoms with Crippen LogP contribution < -0.4 is 15.4 Å². The van der Waals surface area contributed by atoms with Gasteiger partial charge < -0.3 is 30.1 Å². The van der Waals surface area contributed by atoms with Crippen molar-refractivity contribution < 1.29 is 28.6 Å². The van der Waals surface area contributed by atoms with E-state index < -0.39 is 36.6 Å². The Balaban J connectivity index is 1.57. The molecule has 0 saturated carbocycles. The number of hydrogen-bond donors (Lipinski definition) is 3. The molecule has 2 heterocycles. The predicted molar refractivity (Wildman–Crippen MR) is 158 cm³/mol. The number of unbranched alkanes of at least 4 members (excludes halogenated alkanes) is 1. The number of aryl methyl sites for hydroxylation is 2. The minimum Gasteiger partial charge on any atom is -0.496 e. The van der Waals surface area contributed by atoms with E-state index in [-0.39, 0.29) is 6.42 Å². The van der Waals surface area contributed by atoms with Crippen molar-refractivity contribution in [1.82, 2.24) is 15.2 Å². The van der Waals surface area contributed by atoms with Crippen molar-refractivity contribution in [3.63, 3.8) is 0 Å². The van der Waals surface area contributed by atoms with Crippen molar-refractivity contribution in [3.8, 4) is 5.75 Å². The second-order valence-corrected chi connectivity index (χ2v) is 10.8. The Bertz CT molecular complexity index is 1150. The van der Waals surface area contributed by atoms with Crippen molar-refractivity contribution in [1.29, 1.82) is 0 Å². The highest BCUT2D eigenvalue weighted by molar-refractivity contribution is 6.31. The lowest BCUT2D eigenvalue weighted by molar-refractivity contribution is -0.142. The number of aliphatic carboxylic acids is 1. The third-order valence-electron chi connectivity index (χ3n) is 7.48. The Kier molecular flexibility index (Phi) is 13.1. The molecule has 0 fully saturated rings. The molecule has 41 heavy (non-hydrogen) atoms. The average Bonchev–Trinajstić information content (AvgIpc) is 2.98. The molecule has 3 rings (SSSR count). The summed E-state index contributed by atoms with van der Waals surface area (Å²) in [5.74, 6) is -0.908. The number of carboxylic acids is 1. The van der Waals surface area contributed by atoms with E-state index >= 15 is 0 Å². The van der Waals surface area contributed by atoms with Crippen LogP contribution in [0, 0.1) is 0 Å². The molecule has 0 unspecified atom stereocenters. The maximum Gasteiger partial charge on any atom is 0.326 e. The lowest BCUT2D eigenvalue weighted by Gasteiger charge is -2.27. The number of carboxylic acid groups (broad SMARTS) is 1. The zero-order chi connectivity index (χ0) is 29.8. The topological polar surface area (TPSA) is 113 Å². The quantitative estimate of drug-likeness (QED) is 0.231.